The first-order valence-electron chi connectivity index (χ1n) is 14.8. The largest absolute Gasteiger partial charge is 0.476 e. The molecule has 0 fully saturated rings. The summed E-state index contributed by atoms with van der Waals surface area (Å²) in [7, 11) is 3.05. The van der Waals surface area contributed by atoms with Gasteiger partial charge in [0.1, 0.15) is 5.69 Å². The Balaban J connectivity index is 0.000000162. The van der Waals surface area contributed by atoms with Crippen molar-refractivity contribution in [2.24, 2.45) is 5.73 Å². The predicted octanol–water partition coefficient (Wildman–Crippen LogP) is 2.27. The molecule has 0 radical (unpaired) electrons. The molecule has 6 aromatic heterocycles. The van der Waals surface area contributed by atoms with E-state index in [1.165, 1.54) is 24.1 Å². The monoisotopic (exact) mass is 656 g/mol. The van der Waals surface area contributed by atoms with E-state index in [-0.39, 0.29) is 17.3 Å². The number of amides is 1. The Morgan fingerprint density at radius 3 is 1.69 bits per heavy atom. The minimum absolute atomic E-state index is 0.135. The highest BCUT2D eigenvalue weighted by Gasteiger charge is 2.14. The minimum atomic E-state index is -1.14. The maximum atomic E-state index is 11.7. The number of benzene rings is 2. The zero-order chi connectivity index (χ0) is 34.3. The maximum absolute atomic E-state index is 11.7. The molecule has 244 valence electrons. The summed E-state index contributed by atoms with van der Waals surface area (Å²) in [5.74, 6) is -1.43. The highest BCUT2D eigenvalue weighted by Crippen LogP contribution is 2.17. The Morgan fingerprint density at radius 2 is 1.20 bits per heavy atom. The van der Waals surface area contributed by atoms with Crippen LogP contribution in [-0.4, -0.2) is 91.0 Å². The zero-order valence-electron chi connectivity index (χ0n) is 26.2. The highest BCUT2D eigenvalue weighted by molar-refractivity contribution is 5.93. The second-order valence-corrected chi connectivity index (χ2v) is 10.2. The molecule has 17 heteroatoms. The van der Waals surface area contributed by atoms with E-state index in [9.17, 15) is 9.59 Å². The molecule has 8 rings (SSSR count). The first-order valence-corrected chi connectivity index (χ1v) is 14.8. The Hall–Kier alpha value is -6.88. The van der Waals surface area contributed by atoms with Crippen LogP contribution in [-0.2, 0) is 13.1 Å². The standard InChI is InChI=1S/C16H13N7O.C15H10N6O2.CH5N/c1-17-16(24)13-8-19-14-15(20-13)23(22-21-14)9-10-4-5-12-11(7-10)3-2-6-18-12;22-15(23)12-7-17-13-14(18-12)21(20-19-13)8-9-3-4-11-10(6-9)2-1-5-16-11;1-2/h2-8H,9H2,1H3,(H,17,24);1-7H,8H2,(H,22,23);2H2,1H3. The summed E-state index contributed by atoms with van der Waals surface area (Å²) in [4.78, 5) is 47.8. The third-order valence-electron chi connectivity index (χ3n) is 7.13. The summed E-state index contributed by atoms with van der Waals surface area (Å²) in [6.07, 6.45) is 6.08. The molecule has 0 saturated carbocycles. The lowest BCUT2D eigenvalue weighted by molar-refractivity contribution is 0.0690. The van der Waals surface area contributed by atoms with Gasteiger partial charge in [0.15, 0.2) is 17.0 Å². The fraction of sp³-hybridized carbons (Fsp3) is 0.125. The van der Waals surface area contributed by atoms with Crippen LogP contribution in [0.2, 0.25) is 0 Å². The molecule has 1 amide bonds. The lowest BCUT2D eigenvalue weighted by Crippen LogP contribution is -2.19. The van der Waals surface area contributed by atoms with E-state index in [1.54, 1.807) is 24.1 Å². The molecule has 17 nitrogen and oxygen atoms in total. The number of carboxylic acids is 1. The molecule has 4 N–H and O–H groups in total. The van der Waals surface area contributed by atoms with Gasteiger partial charge in [0.25, 0.3) is 5.91 Å². The van der Waals surface area contributed by atoms with Gasteiger partial charge in [-0.25, -0.2) is 34.1 Å². The molecule has 0 aliphatic heterocycles. The number of carbonyl (C=O) groups excluding carboxylic acids is 1. The van der Waals surface area contributed by atoms with Crippen molar-refractivity contribution in [3.8, 4) is 0 Å². The molecular formula is C32H28N14O3. The lowest BCUT2D eigenvalue weighted by atomic mass is 10.1. The molecule has 0 atom stereocenters. The molecular weight excluding hydrogens is 628 g/mol. The van der Waals surface area contributed by atoms with Gasteiger partial charge in [0, 0.05) is 30.2 Å². The first kappa shape index (κ1) is 32.1. The van der Waals surface area contributed by atoms with Crippen LogP contribution in [0.25, 0.3) is 44.4 Å². The van der Waals surface area contributed by atoms with E-state index < -0.39 is 5.97 Å². The zero-order valence-corrected chi connectivity index (χ0v) is 26.2. The number of hydrogen-bond acceptors (Lipinski definition) is 13. The van der Waals surface area contributed by atoms with Crippen LogP contribution in [0.15, 0.2) is 85.5 Å². The summed E-state index contributed by atoms with van der Waals surface area (Å²) in [5.41, 5.74) is 10.0. The average molecular weight is 657 g/mol. The number of nitrogens with two attached hydrogens (primary N) is 1. The number of nitrogens with zero attached hydrogens (tertiary/aromatic N) is 12. The van der Waals surface area contributed by atoms with Crippen molar-refractivity contribution in [1.29, 1.82) is 0 Å². The van der Waals surface area contributed by atoms with Gasteiger partial charge in [-0.2, -0.15) is 0 Å². The second-order valence-electron chi connectivity index (χ2n) is 10.2. The topological polar surface area (TPSA) is 231 Å². The summed E-state index contributed by atoms with van der Waals surface area (Å²) in [6.45, 7) is 0.895. The maximum Gasteiger partial charge on any atom is 0.356 e. The smallest absolute Gasteiger partial charge is 0.356 e. The fourth-order valence-corrected chi connectivity index (χ4v) is 4.86. The Bertz CT molecular complexity index is 2440. The van der Waals surface area contributed by atoms with Crippen LogP contribution in [0.1, 0.15) is 32.1 Å². The number of rotatable bonds is 6. The van der Waals surface area contributed by atoms with Crippen molar-refractivity contribution < 1.29 is 14.7 Å². The van der Waals surface area contributed by atoms with Crippen LogP contribution in [0, 0.1) is 0 Å². The predicted molar refractivity (Wildman–Crippen MR) is 178 cm³/mol. The number of nitrogens with one attached hydrogen (secondary N) is 1. The van der Waals surface area contributed by atoms with Gasteiger partial charge < -0.3 is 16.2 Å². The van der Waals surface area contributed by atoms with E-state index >= 15 is 0 Å². The normalized spacial score (nSPS) is 10.8. The Kier molecular flexibility index (Phi) is 9.34. The van der Waals surface area contributed by atoms with Crippen LogP contribution in [0.4, 0.5) is 0 Å². The van der Waals surface area contributed by atoms with Crippen LogP contribution in [0.5, 0.6) is 0 Å². The number of fused-ring (bicyclic) bond motifs is 4. The van der Waals surface area contributed by atoms with Crippen molar-refractivity contribution in [1.82, 2.24) is 65.2 Å². The van der Waals surface area contributed by atoms with E-state index in [4.69, 9.17) is 5.11 Å². The molecule has 0 bridgehead atoms. The summed E-state index contributed by atoms with van der Waals surface area (Å²) in [6, 6.07) is 19.6. The van der Waals surface area contributed by atoms with Gasteiger partial charge in [-0.05, 0) is 54.6 Å². The van der Waals surface area contributed by atoms with E-state index in [1.807, 2.05) is 60.7 Å². The molecule has 2 aromatic carbocycles. The van der Waals surface area contributed by atoms with Crippen LogP contribution >= 0.6 is 0 Å². The second kappa shape index (κ2) is 14.3. The SMILES string of the molecule is CN.CNC(=O)c1cnc2nnn(Cc3ccc4ncccc4c3)c2n1.O=C(O)c1cnc2nnn(Cc3ccc4ncccc4c3)c2n1. The van der Waals surface area contributed by atoms with Gasteiger partial charge >= 0.3 is 5.97 Å². The van der Waals surface area contributed by atoms with Gasteiger partial charge in [-0.1, -0.05) is 34.7 Å². The van der Waals surface area contributed by atoms with E-state index in [0.29, 0.717) is 35.7 Å². The number of pyridine rings is 2. The summed E-state index contributed by atoms with van der Waals surface area (Å²) in [5, 5.41) is 29.6. The molecule has 0 saturated heterocycles. The van der Waals surface area contributed by atoms with Crippen LogP contribution in [0.3, 0.4) is 0 Å². The average Bonchev–Trinajstić information content (AvgIpc) is 3.75. The minimum Gasteiger partial charge on any atom is -0.476 e. The summed E-state index contributed by atoms with van der Waals surface area (Å²) >= 11 is 0. The first-order chi connectivity index (χ1) is 23.9. The Labute approximate surface area is 276 Å². The van der Waals surface area contributed by atoms with Gasteiger partial charge in [0.2, 0.25) is 11.3 Å². The number of carbonyl (C=O) groups is 2. The number of aromatic nitrogens is 12. The third kappa shape index (κ3) is 6.96. The molecule has 8 aromatic rings. The van der Waals surface area contributed by atoms with Crippen LogP contribution < -0.4 is 11.1 Å². The molecule has 6 heterocycles. The highest BCUT2D eigenvalue weighted by atomic mass is 16.4. The van der Waals surface area contributed by atoms with Gasteiger partial charge in [-0.3, -0.25) is 14.8 Å². The van der Waals surface area contributed by atoms with Crippen molar-refractivity contribution >= 4 is 56.3 Å². The molecule has 49 heavy (non-hydrogen) atoms. The third-order valence-corrected chi connectivity index (χ3v) is 7.13. The molecule has 0 aliphatic carbocycles. The quantitative estimate of drug-likeness (QED) is 0.233. The van der Waals surface area contributed by atoms with Crippen molar-refractivity contribution in [2.75, 3.05) is 14.1 Å². The van der Waals surface area contributed by atoms with Crippen molar-refractivity contribution in [2.45, 2.75) is 13.1 Å². The number of carboxylic acid groups (broad SMARTS) is 1. The summed E-state index contributed by atoms with van der Waals surface area (Å²) < 4.78 is 3.17. The molecule has 0 aliphatic rings. The molecule has 0 unspecified atom stereocenters. The van der Waals surface area contributed by atoms with Crippen molar-refractivity contribution in [3.63, 3.8) is 0 Å². The number of hydrogen-bond donors (Lipinski definition) is 3. The molecule has 0 spiro atoms. The van der Waals surface area contributed by atoms with Gasteiger partial charge in [-0.15, -0.1) is 10.2 Å². The fourth-order valence-electron chi connectivity index (χ4n) is 4.86. The van der Waals surface area contributed by atoms with Gasteiger partial charge in [0.05, 0.1) is 36.5 Å². The van der Waals surface area contributed by atoms with E-state index in [0.717, 1.165) is 32.9 Å². The van der Waals surface area contributed by atoms with Crippen molar-refractivity contribution in [3.05, 3.63) is 108 Å². The Morgan fingerprint density at radius 1 is 0.714 bits per heavy atom. The van der Waals surface area contributed by atoms with E-state index in [2.05, 4.69) is 61.6 Å². The lowest BCUT2D eigenvalue weighted by Gasteiger charge is -2.04. The number of aromatic carboxylic acids is 1.